The molecular weight excluding hydrogens is 256 g/mol. The van der Waals surface area contributed by atoms with Gasteiger partial charge in [-0.2, -0.15) is 0 Å². The van der Waals surface area contributed by atoms with Gasteiger partial charge in [-0.05, 0) is 74.5 Å². The fourth-order valence-electron chi connectivity index (χ4n) is 7.35. The van der Waals surface area contributed by atoms with Gasteiger partial charge in [-0.15, -0.1) is 0 Å². The Balaban J connectivity index is 1.53. The molecule has 1 aliphatic heterocycles. The maximum atomic E-state index is 6.03. The van der Waals surface area contributed by atoms with Gasteiger partial charge >= 0.3 is 0 Å². The van der Waals surface area contributed by atoms with Crippen LogP contribution in [0.15, 0.2) is 11.6 Å². The van der Waals surface area contributed by atoms with Gasteiger partial charge in [-0.25, -0.2) is 0 Å². The smallest absolute Gasteiger partial charge is 0.0972 e. The fourth-order valence-corrected chi connectivity index (χ4v) is 7.35. The lowest BCUT2D eigenvalue weighted by molar-refractivity contribution is -0.0482. The third kappa shape index (κ3) is 1.47. The molecular formula is C20H30O. The number of allylic oxidation sites excluding steroid dienone is 2. The van der Waals surface area contributed by atoms with Crippen molar-refractivity contribution in [1.82, 2.24) is 0 Å². The van der Waals surface area contributed by atoms with E-state index in [1.807, 2.05) is 5.57 Å². The highest BCUT2D eigenvalue weighted by atomic mass is 16.6. The molecule has 5 aliphatic rings. The van der Waals surface area contributed by atoms with Gasteiger partial charge in [0, 0.05) is 5.41 Å². The molecule has 1 nitrogen and oxygen atoms in total. The number of hydrogen-bond acceptors (Lipinski definition) is 1. The number of hydrogen-bond donors (Lipinski definition) is 0. The Bertz CT molecular complexity index is 502. The second-order valence-corrected chi connectivity index (χ2v) is 9.24. The normalized spacial score (nSPS) is 58.2. The molecule has 1 saturated heterocycles. The van der Waals surface area contributed by atoms with E-state index in [2.05, 4.69) is 19.9 Å². The molecule has 1 heterocycles. The summed E-state index contributed by atoms with van der Waals surface area (Å²) < 4.78 is 6.03. The topological polar surface area (TPSA) is 12.5 Å². The molecule has 21 heavy (non-hydrogen) atoms. The molecule has 5 unspecified atom stereocenters. The van der Waals surface area contributed by atoms with Crippen molar-refractivity contribution < 1.29 is 4.74 Å². The van der Waals surface area contributed by atoms with Crippen molar-refractivity contribution in [3.63, 3.8) is 0 Å². The summed E-state index contributed by atoms with van der Waals surface area (Å²) in [4.78, 5) is 0. The standard InChI is InChI=1S/C20H30O/c1-18-10-4-3-5-14(18)6-7-15-16(18)8-11-19(2)17(15)9-12-20(19)13-21-20/h6,15-17H,3-5,7-13H2,1-2H3/t15?,16?,17?,18?,19?,20-/m1/s1. The van der Waals surface area contributed by atoms with Gasteiger partial charge in [0.15, 0.2) is 0 Å². The second-order valence-electron chi connectivity index (χ2n) is 9.24. The summed E-state index contributed by atoms with van der Waals surface area (Å²) in [7, 11) is 0. The summed E-state index contributed by atoms with van der Waals surface area (Å²) in [5.74, 6) is 2.87. The molecule has 116 valence electrons. The van der Waals surface area contributed by atoms with Crippen molar-refractivity contribution in [2.75, 3.05) is 6.61 Å². The van der Waals surface area contributed by atoms with Gasteiger partial charge in [0.05, 0.1) is 12.2 Å². The van der Waals surface area contributed by atoms with E-state index in [9.17, 15) is 0 Å². The first kappa shape index (κ1) is 13.2. The van der Waals surface area contributed by atoms with Crippen molar-refractivity contribution in [1.29, 1.82) is 0 Å². The zero-order valence-corrected chi connectivity index (χ0v) is 13.8. The van der Waals surface area contributed by atoms with Gasteiger partial charge in [0.2, 0.25) is 0 Å². The Morgan fingerprint density at radius 3 is 2.67 bits per heavy atom. The summed E-state index contributed by atoms with van der Waals surface area (Å²) in [6, 6.07) is 0. The Morgan fingerprint density at radius 2 is 1.86 bits per heavy atom. The minimum atomic E-state index is 0.320. The van der Waals surface area contributed by atoms with Crippen LogP contribution in [0.4, 0.5) is 0 Å². The maximum Gasteiger partial charge on any atom is 0.0972 e. The largest absolute Gasteiger partial charge is 0.369 e. The third-order valence-corrected chi connectivity index (χ3v) is 8.80. The molecule has 0 aromatic rings. The zero-order chi connectivity index (χ0) is 14.3. The minimum absolute atomic E-state index is 0.320. The molecule has 1 heteroatoms. The van der Waals surface area contributed by atoms with Crippen LogP contribution in [0, 0.1) is 28.6 Å². The van der Waals surface area contributed by atoms with Crippen LogP contribution in [0.2, 0.25) is 0 Å². The average Bonchev–Trinajstić information content (AvgIpc) is 3.20. The van der Waals surface area contributed by atoms with E-state index in [1.54, 1.807) is 0 Å². The summed E-state index contributed by atoms with van der Waals surface area (Å²) in [5, 5.41) is 0. The molecule has 3 saturated carbocycles. The summed E-state index contributed by atoms with van der Waals surface area (Å²) in [5.41, 5.74) is 3.22. The van der Waals surface area contributed by atoms with Crippen molar-refractivity contribution in [2.24, 2.45) is 28.6 Å². The van der Waals surface area contributed by atoms with Crippen LogP contribution in [-0.4, -0.2) is 12.2 Å². The lowest BCUT2D eigenvalue weighted by Crippen LogP contribution is -2.51. The van der Waals surface area contributed by atoms with Gasteiger partial charge in [0.25, 0.3) is 0 Å². The predicted molar refractivity (Wildman–Crippen MR) is 85.0 cm³/mol. The first-order valence-corrected chi connectivity index (χ1v) is 9.43. The molecule has 0 radical (unpaired) electrons. The molecule has 0 aromatic carbocycles. The SMILES string of the molecule is CC12CCCCC1=CCC1C2CCC2(C)C1CC[C@@]21CO1. The zero-order valence-electron chi connectivity index (χ0n) is 13.8. The third-order valence-electron chi connectivity index (χ3n) is 8.80. The lowest BCUT2D eigenvalue weighted by atomic mass is 9.47. The molecule has 4 aliphatic carbocycles. The molecule has 0 amide bonds. The van der Waals surface area contributed by atoms with Gasteiger partial charge in [0.1, 0.15) is 0 Å². The number of rotatable bonds is 0. The van der Waals surface area contributed by atoms with E-state index in [1.165, 1.54) is 57.8 Å². The van der Waals surface area contributed by atoms with E-state index in [0.29, 0.717) is 16.4 Å². The Morgan fingerprint density at radius 1 is 1.05 bits per heavy atom. The van der Waals surface area contributed by atoms with E-state index in [-0.39, 0.29) is 0 Å². The van der Waals surface area contributed by atoms with Crippen LogP contribution in [0.25, 0.3) is 0 Å². The van der Waals surface area contributed by atoms with E-state index in [0.717, 1.165) is 24.4 Å². The maximum absolute atomic E-state index is 6.03. The Labute approximate surface area is 129 Å². The van der Waals surface area contributed by atoms with Crippen LogP contribution in [0.1, 0.15) is 71.6 Å². The first-order valence-electron chi connectivity index (χ1n) is 9.43. The lowest BCUT2D eigenvalue weighted by Gasteiger charge is -2.57. The van der Waals surface area contributed by atoms with E-state index < -0.39 is 0 Å². The van der Waals surface area contributed by atoms with Crippen molar-refractivity contribution >= 4 is 0 Å². The highest BCUT2D eigenvalue weighted by Crippen LogP contribution is 2.70. The quantitative estimate of drug-likeness (QED) is 0.445. The molecule has 0 bridgehead atoms. The number of ether oxygens (including phenoxy) is 1. The van der Waals surface area contributed by atoms with Crippen molar-refractivity contribution in [3.8, 4) is 0 Å². The van der Waals surface area contributed by atoms with Crippen molar-refractivity contribution in [3.05, 3.63) is 11.6 Å². The first-order chi connectivity index (χ1) is 10.1. The van der Waals surface area contributed by atoms with Gasteiger partial charge in [-0.1, -0.05) is 31.9 Å². The Hall–Kier alpha value is -0.300. The number of epoxide rings is 1. The monoisotopic (exact) mass is 286 g/mol. The average molecular weight is 286 g/mol. The van der Waals surface area contributed by atoms with Crippen molar-refractivity contribution in [2.45, 2.75) is 77.2 Å². The van der Waals surface area contributed by atoms with E-state index >= 15 is 0 Å². The van der Waals surface area contributed by atoms with Crippen LogP contribution in [0.5, 0.6) is 0 Å². The highest BCUT2D eigenvalue weighted by Gasteiger charge is 2.69. The highest BCUT2D eigenvalue weighted by molar-refractivity contribution is 5.26. The van der Waals surface area contributed by atoms with E-state index in [4.69, 9.17) is 4.74 Å². The molecule has 0 aromatic heterocycles. The van der Waals surface area contributed by atoms with Gasteiger partial charge in [-0.3, -0.25) is 0 Å². The van der Waals surface area contributed by atoms with Crippen LogP contribution in [-0.2, 0) is 4.74 Å². The Kier molecular flexibility index (Phi) is 2.48. The molecule has 0 N–H and O–H groups in total. The van der Waals surface area contributed by atoms with Crippen LogP contribution in [0.3, 0.4) is 0 Å². The summed E-state index contributed by atoms with van der Waals surface area (Å²) >= 11 is 0. The van der Waals surface area contributed by atoms with Crippen LogP contribution < -0.4 is 0 Å². The molecule has 4 fully saturated rings. The number of fused-ring (bicyclic) bond motifs is 6. The predicted octanol–water partition coefficient (Wildman–Crippen LogP) is 5.11. The molecule has 6 atom stereocenters. The second kappa shape index (κ2) is 3.96. The van der Waals surface area contributed by atoms with Crippen LogP contribution >= 0.6 is 0 Å². The fraction of sp³-hybridized carbons (Fsp3) is 0.900. The summed E-state index contributed by atoms with van der Waals surface area (Å²) in [6.07, 6.45) is 15.5. The minimum Gasteiger partial charge on any atom is -0.369 e. The molecule has 5 rings (SSSR count). The van der Waals surface area contributed by atoms with Gasteiger partial charge < -0.3 is 4.74 Å². The molecule has 1 spiro atoms. The summed E-state index contributed by atoms with van der Waals surface area (Å²) in [6.45, 7) is 6.27.